The van der Waals surface area contributed by atoms with Gasteiger partial charge in [0.05, 0.1) is 31.4 Å². The summed E-state index contributed by atoms with van der Waals surface area (Å²) in [7, 11) is 2.72. The molecule has 2 heterocycles. The summed E-state index contributed by atoms with van der Waals surface area (Å²) in [5, 5.41) is 0. The van der Waals surface area contributed by atoms with Gasteiger partial charge in [-0.05, 0) is 47.2 Å². The number of methoxy groups -OCH3 is 2. The predicted molar refractivity (Wildman–Crippen MR) is 136 cm³/mol. The molecule has 3 aromatic carbocycles. The van der Waals surface area contributed by atoms with Gasteiger partial charge in [-0.3, -0.25) is 0 Å². The lowest BCUT2D eigenvalue weighted by Gasteiger charge is -2.43. The summed E-state index contributed by atoms with van der Waals surface area (Å²) in [6, 6.07) is 24.1. The van der Waals surface area contributed by atoms with Gasteiger partial charge in [-0.2, -0.15) is 0 Å². The molecule has 178 valence electrons. The number of fused-ring (bicyclic) bond motifs is 5. The van der Waals surface area contributed by atoms with Crippen LogP contribution < -0.4 is 4.90 Å². The summed E-state index contributed by atoms with van der Waals surface area (Å²) in [5.41, 5.74) is 6.02. The summed E-state index contributed by atoms with van der Waals surface area (Å²) in [4.78, 5) is 29.0. The molecular formula is C30H29NO4. The van der Waals surface area contributed by atoms with Crippen molar-refractivity contribution in [2.24, 2.45) is 5.92 Å². The van der Waals surface area contributed by atoms with Gasteiger partial charge in [0, 0.05) is 5.69 Å². The quantitative estimate of drug-likeness (QED) is 0.449. The zero-order valence-corrected chi connectivity index (χ0v) is 20.7. The molecule has 0 radical (unpaired) electrons. The van der Waals surface area contributed by atoms with Crippen molar-refractivity contribution in [1.82, 2.24) is 0 Å². The van der Waals surface area contributed by atoms with E-state index in [1.165, 1.54) is 14.2 Å². The van der Waals surface area contributed by atoms with Crippen LogP contribution in [0.2, 0.25) is 0 Å². The minimum absolute atomic E-state index is 0.0753. The van der Waals surface area contributed by atoms with Crippen molar-refractivity contribution in [2.75, 3.05) is 19.1 Å². The molecule has 2 unspecified atom stereocenters. The summed E-state index contributed by atoms with van der Waals surface area (Å²) in [5.74, 6) is -1.09. The van der Waals surface area contributed by atoms with Crippen LogP contribution in [0, 0.1) is 12.8 Å². The number of hydrogen-bond donors (Lipinski definition) is 0. The Morgan fingerprint density at radius 2 is 1.51 bits per heavy atom. The van der Waals surface area contributed by atoms with E-state index in [4.69, 9.17) is 9.47 Å². The van der Waals surface area contributed by atoms with E-state index in [1.807, 2.05) is 31.2 Å². The maximum absolute atomic E-state index is 13.5. The SMILES string of the molecule is COC(=O)C1=C(C(=O)OC)C2(C(C)C)c3c(-c4ccccc4)cccc3C1N2c1ccc(C)cc1. The van der Waals surface area contributed by atoms with Crippen molar-refractivity contribution < 1.29 is 19.1 Å². The Hall–Kier alpha value is -3.86. The van der Waals surface area contributed by atoms with E-state index in [0.29, 0.717) is 11.1 Å². The molecule has 2 aliphatic rings. The molecule has 0 saturated carbocycles. The Labute approximate surface area is 206 Å². The third kappa shape index (κ3) is 3.07. The van der Waals surface area contributed by atoms with E-state index in [0.717, 1.165) is 33.5 Å². The first kappa shape index (κ1) is 22.9. The van der Waals surface area contributed by atoms with Crippen molar-refractivity contribution in [3.05, 3.63) is 101 Å². The van der Waals surface area contributed by atoms with Gasteiger partial charge in [0.1, 0.15) is 5.54 Å². The minimum atomic E-state index is -0.918. The number of hydrogen-bond acceptors (Lipinski definition) is 5. The third-order valence-corrected chi connectivity index (χ3v) is 7.36. The number of ether oxygens (including phenoxy) is 2. The van der Waals surface area contributed by atoms with Crippen LogP contribution in [-0.4, -0.2) is 26.2 Å². The molecule has 0 amide bonds. The van der Waals surface area contributed by atoms with Gasteiger partial charge in [-0.1, -0.05) is 80.1 Å². The number of aryl methyl sites for hydroxylation is 1. The largest absolute Gasteiger partial charge is 0.466 e. The molecule has 3 aromatic rings. The van der Waals surface area contributed by atoms with Gasteiger partial charge in [0.2, 0.25) is 0 Å². The van der Waals surface area contributed by atoms with Crippen LogP contribution in [0.5, 0.6) is 0 Å². The molecule has 2 bridgehead atoms. The van der Waals surface area contributed by atoms with E-state index >= 15 is 0 Å². The van der Waals surface area contributed by atoms with E-state index in [2.05, 4.69) is 67.3 Å². The number of rotatable bonds is 5. The van der Waals surface area contributed by atoms with Crippen LogP contribution in [0.1, 0.15) is 36.6 Å². The fraction of sp³-hybridized carbons (Fsp3) is 0.267. The highest BCUT2D eigenvalue weighted by molar-refractivity contribution is 6.09. The molecule has 0 aliphatic carbocycles. The predicted octanol–water partition coefficient (Wildman–Crippen LogP) is 5.73. The van der Waals surface area contributed by atoms with Crippen molar-refractivity contribution in [1.29, 1.82) is 0 Å². The Bertz CT molecular complexity index is 1340. The van der Waals surface area contributed by atoms with Crippen molar-refractivity contribution >= 4 is 17.6 Å². The van der Waals surface area contributed by atoms with E-state index in [1.54, 1.807) is 0 Å². The van der Waals surface area contributed by atoms with Crippen molar-refractivity contribution in [3.63, 3.8) is 0 Å². The van der Waals surface area contributed by atoms with Crippen LogP contribution in [0.3, 0.4) is 0 Å². The van der Waals surface area contributed by atoms with Gasteiger partial charge in [0.25, 0.3) is 0 Å². The second kappa shape index (κ2) is 8.42. The lowest BCUT2D eigenvalue weighted by Crippen LogP contribution is -2.47. The molecule has 0 aromatic heterocycles. The zero-order chi connectivity index (χ0) is 24.9. The Morgan fingerprint density at radius 1 is 0.857 bits per heavy atom. The van der Waals surface area contributed by atoms with E-state index in [9.17, 15) is 9.59 Å². The average molecular weight is 468 g/mol. The lowest BCUT2D eigenvalue weighted by atomic mass is 9.68. The van der Waals surface area contributed by atoms with E-state index in [-0.39, 0.29) is 5.92 Å². The zero-order valence-electron chi connectivity index (χ0n) is 20.7. The number of carbonyl (C=O) groups is 2. The molecule has 5 nitrogen and oxygen atoms in total. The fourth-order valence-electron chi connectivity index (χ4n) is 6.02. The summed E-state index contributed by atoms with van der Waals surface area (Å²) in [6.07, 6.45) is 0. The number of anilines is 1. The second-order valence-corrected chi connectivity index (χ2v) is 9.44. The van der Waals surface area contributed by atoms with Gasteiger partial charge in [-0.25, -0.2) is 9.59 Å². The van der Waals surface area contributed by atoms with Gasteiger partial charge in [-0.15, -0.1) is 0 Å². The number of benzene rings is 3. The molecule has 2 aliphatic heterocycles. The molecule has 0 saturated heterocycles. The topological polar surface area (TPSA) is 55.8 Å². The fourth-order valence-corrected chi connectivity index (χ4v) is 6.02. The third-order valence-electron chi connectivity index (χ3n) is 7.36. The molecule has 0 spiro atoms. The maximum atomic E-state index is 13.5. The highest BCUT2D eigenvalue weighted by Gasteiger charge is 2.66. The molecule has 5 rings (SSSR count). The molecule has 35 heavy (non-hydrogen) atoms. The second-order valence-electron chi connectivity index (χ2n) is 9.44. The Morgan fingerprint density at radius 3 is 2.11 bits per heavy atom. The Kier molecular flexibility index (Phi) is 5.51. The van der Waals surface area contributed by atoms with Gasteiger partial charge in [0.15, 0.2) is 0 Å². The average Bonchev–Trinajstić information content (AvgIpc) is 3.37. The first-order valence-electron chi connectivity index (χ1n) is 11.8. The monoisotopic (exact) mass is 467 g/mol. The van der Waals surface area contributed by atoms with Crippen molar-refractivity contribution in [2.45, 2.75) is 32.4 Å². The van der Waals surface area contributed by atoms with Crippen LogP contribution in [0.4, 0.5) is 5.69 Å². The molecule has 2 atom stereocenters. The highest BCUT2D eigenvalue weighted by atomic mass is 16.5. The highest BCUT2D eigenvalue weighted by Crippen LogP contribution is 2.66. The normalized spacial score (nSPS) is 20.3. The van der Waals surface area contributed by atoms with Crippen LogP contribution >= 0.6 is 0 Å². The first-order valence-corrected chi connectivity index (χ1v) is 11.8. The molecule has 0 fully saturated rings. The van der Waals surface area contributed by atoms with Gasteiger partial charge < -0.3 is 14.4 Å². The van der Waals surface area contributed by atoms with Gasteiger partial charge >= 0.3 is 11.9 Å². The van der Waals surface area contributed by atoms with Crippen LogP contribution in [-0.2, 0) is 24.6 Å². The smallest absolute Gasteiger partial charge is 0.337 e. The van der Waals surface area contributed by atoms with Crippen LogP contribution in [0.15, 0.2) is 83.9 Å². The summed E-state index contributed by atoms with van der Waals surface area (Å²) >= 11 is 0. The molecular weight excluding hydrogens is 438 g/mol. The number of esters is 2. The maximum Gasteiger partial charge on any atom is 0.337 e. The van der Waals surface area contributed by atoms with Crippen LogP contribution in [0.25, 0.3) is 11.1 Å². The number of nitrogens with zero attached hydrogens (tertiary/aromatic N) is 1. The molecule has 0 N–H and O–H groups in total. The van der Waals surface area contributed by atoms with E-state index < -0.39 is 23.5 Å². The minimum Gasteiger partial charge on any atom is -0.466 e. The van der Waals surface area contributed by atoms with Crippen molar-refractivity contribution in [3.8, 4) is 11.1 Å². The lowest BCUT2D eigenvalue weighted by molar-refractivity contribution is -0.139. The summed E-state index contributed by atoms with van der Waals surface area (Å²) in [6.45, 7) is 6.23. The standard InChI is InChI=1S/C30H29NO4/c1-18(2)30-25-22(20-10-7-6-8-11-20)12-9-13-23(25)27(31(30)21-16-14-19(3)15-17-21)24(28(32)34-4)26(30)29(33)35-5/h6-18,27H,1-5H3. The number of carbonyl (C=O) groups excluding carboxylic acids is 2. The first-order chi connectivity index (χ1) is 16.9. The Balaban J connectivity index is 1.92. The summed E-state index contributed by atoms with van der Waals surface area (Å²) < 4.78 is 10.6. The molecule has 5 heteroatoms.